The second-order valence-corrected chi connectivity index (χ2v) is 7.45. The van der Waals surface area contributed by atoms with Crippen LogP contribution in [-0.4, -0.2) is 36.8 Å². The van der Waals surface area contributed by atoms with Gasteiger partial charge in [-0.05, 0) is 32.9 Å². The molecule has 1 aromatic heterocycles. The molecular weight excluding hydrogens is 286 g/mol. The molecule has 0 spiro atoms. The van der Waals surface area contributed by atoms with Gasteiger partial charge in [0.25, 0.3) is 0 Å². The molecule has 0 bridgehead atoms. The zero-order valence-electron chi connectivity index (χ0n) is 13.6. The summed E-state index contributed by atoms with van der Waals surface area (Å²) in [6.45, 7) is 10.1. The average Bonchev–Trinajstić information content (AvgIpc) is 2.90. The fourth-order valence-corrected chi connectivity index (χ4v) is 3.93. The van der Waals surface area contributed by atoms with Gasteiger partial charge in [-0.15, -0.1) is 0 Å². The first-order valence-electron chi connectivity index (χ1n) is 7.83. The van der Waals surface area contributed by atoms with Crippen molar-refractivity contribution in [3.05, 3.63) is 18.0 Å². The Kier molecular flexibility index (Phi) is 7.42. The first kappa shape index (κ1) is 18.2. The van der Waals surface area contributed by atoms with Crippen molar-refractivity contribution in [3.63, 3.8) is 0 Å². The van der Waals surface area contributed by atoms with Crippen LogP contribution < -0.4 is 5.32 Å². The highest BCUT2D eigenvalue weighted by Crippen LogP contribution is 2.20. The number of aromatic nitrogens is 1. The van der Waals surface area contributed by atoms with Gasteiger partial charge in [-0.3, -0.25) is 0 Å². The molecule has 0 atom stereocenters. The van der Waals surface area contributed by atoms with Crippen LogP contribution in [0.4, 0.5) is 0 Å². The molecule has 0 amide bonds. The first-order chi connectivity index (χ1) is 9.93. The summed E-state index contributed by atoms with van der Waals surface area (Å²) in [7, 11) is -3.41. The smallest absolute Gasteiger partial charge is 0.244 e. The second kappa shape index (κ2) is 8.56. The number of H-pyrrole nitrogens is 1. The van der Waals surface area contributed by atoms with Crippen LogP contribution in [0.25, 0.3) is 0 Å². The van der Waals surface area contributed by atoms with E-state index in [1.165, 1.54) is 0 Å². The third-order valence-electron chi connectivity index (χ3n) is 3.45. The maximum Gasteiger partial charge on any atom is 0.244 e. The van der Waals surface area contributed by atoms with Gasteiger partial charge in [-0.2, -0.15) is 4.31 Å². The lowest BCUT2D eigenvalue weighted by Gasteiger charge is -2.25. The number of aromatic amines is 1. The Morgan fingerprint density at radius 1 is 1.29 bits per heavy atom. The minimum atomic E-state index is -3.41. The minimum Gasteiger partial charge on any atom is -0.363 e. The highest BCUT2D eigenvalue weighted by molar-refractivity contribution is 7.89. The van der Waals surface area contributed by atoms with Crippen LogP contribution in [0.5, 0.6) is 0 Å². The van der Waals surface area contributed by atoms with Gasteiger partial charge in [0, 0.05) is 31.0 Å². The van der Waals surface area contributed by atoms with E-state index in [4.69, 9.17) is 0 Å². The molecule has 0 aromatic carbocycles. The van der Waals surface area contributed by atoms with E-state index in [2.05, 4.69) is 17.2 Å². The van der Waals surface area contributed by atoms with E-state index >= 15 is 0 Å². The normalized spacial score (nSPS) is 12.5. The van der Waals surface area contributed by atoms with Crippen molar-refractivity contribution in [3.8, 4) is 0 Å². The van der Waals surface area contributed by atoms with Crippen LogP contribution in [-0.2, 0) is 16.6 Å². The molecule has 21 heavy (non-hydrogen) atoms. The number of nitrogens with one attached hydrogen (secondary N) is 2. The molecule has 0 aliphatic carbocycles. The summed E-state index contributed by atoms with van der Waals surface area (Å²) in [4.78, 5) is 3.40. The number of nitrogens with zero attached hydrogens (tertiary/aromatic N) is 1. The molecule has 1 heterocycles. The van der Waals surface area contributed by atoms with Gasteiger partial charge in [0.2, 0.25) is 10.0 Å². The van der Waals surface area contributed by atoms with Gasteiger partial charge in [0.15, 0.2) is 0 Å². The summed E-state index contributed by atoms with van der Waals surface area (Å²) in [5.41, 5.74) is 0.896. The van der Waals surface area contributed by atoms with Crippen LogP contribution in [0.15, 0.2) is 17.2 Å². The summed E-state index contributed by atoms with van der Waals surface area (Å²) < 4.78 is 27.1. The van der Waals surface area contributed by atoms with Crippen LogP contribution in [0.2, 0.25) is 0 Å². The van der Waals surface area contributed by atoms with E-state index in [9.17, 15) is 8.42 Å². The lowest BCUT2D eigenvalue weighted by Crippen LogP contribution is -2.37. The Labute approximate surface area is 129 Å². The van der Waals surface area contributed by atoms with Gasteiger partial charge in [0.1, 0.15) is 0 Å². The number of unbranched alkanes of at least 4 members (excludes halogenated alkanes) is 2. The Morgan fingerprint density at radius 2 is 2.00 bits per heavy atom. The second-order valence-electron chi connectivity index (χ2n) is 5.56. The molecule has 0 radical (unpaired) electrons. The summed E-state index contributed by atoms with van der Waals surface area (Å²) in [5.74, 6) is 0. The van der Waals surface area contributed by atoms with Gasteiger partial charge >= 0.3 is 0 Å². The SMILES string of the molecule is CCCCCN(C(C)C)S(=O)(=O)c1c[nH]c(CNCC)c1. The van der Waals surface area contributed by atoms with Crippen molar-refractivity contribution in [2.45, 2.75) is 64.4 Å². The molecule has 0 aliphatic rings. The van der Waals surface area contributed by atoms with E-state index in [-0.39, 0.29) is 6.04 Å². The van der Waals surface area contributed by atoms with Crippen LogP contribution in [0.3, 0.4) is 0 Å². The third kappa shape index (κ3) is 5.13. The van der Waals surface area contributed by atoms with Crippen LogP contribution in [0, 0.1) is 0 Å². The van der Waals surface area contributed by atoms with Gasteiger partial charge in [-0.25, -0.2) is 8.42 Å². The highest BCUT2D eigenvalue weighted by Gasteiger charge is 2.27. The molecule has 1 rings (SSSR count). The summed E-state index contributed by atoms with van der Waals surface area (Å²) in [6.07, 6.45) is 4.64. The molecule has 0 aliphatic heterocycles. The molecule has 5 nitrogen and oxygen atoms in total. The Hall–Kier alpha value is -0.850. The maximum atomic E-state index is 12.7. The fourth-order valence-electron chi connectivity index (χ4n) is 2.24. The third-order valence-corrected chi connectivity index (χ3v) is 5.50. The average molecular weight is 315 g/mol. The van der Waals surface area contributed by atoms with E-state index < -0.39 is 10.0 Å². The molecule has 6 heteroatoms. The zero-order chi connectivity index (χ0) is 15.9. The van der Waals surface area contributed by atoms with Crippen molar-refractivity contribution in [1.29, 1.82) is 0 Å². The molecule has 0 unspecified atom stereocenters. The largest absolute Gasteiger partial charge is 0.363 e. The van der Waals surface area contributed by atoms with Gasteiger partial charge < -0.3 is 10.3 Å². The number of rotatable bonds is 10. The number of hydrogen-bond acceptors (Lipinski definition) is 3. The maximum absolute atomic E-state index is 12.7. The molecule has 0 fully saturated rings. The van der Waals surface area contributed by atoms with E-state index in [0.717, 1.165) is 31.5 Å². The van der Waals surface area contributed by atoms with E-state index in [0.29, 0.717) is 18.0 Å². The lowest BCUT2D eigenvalue weighted by atomic mass is 10.2. The van der Waals surface area contributed by atoms with E-state index in [1.54, 1.807) is 16.6 Å². The fraction of sp³-hybridized carbons (Fsp3) is 0.733. The number of hydrogen-bond donors (Lipinski definition) is 2. The van der Waals surface area contributed by atoms with Gasteiger partial charge in [-0.1, -0.05) is 26.7 Å². The molecule has 0 saturated carbocycles. The molecule has 0 saturated heterocycles. The highest BCUT2D eigenvalue weighted by atomic mass is 32.2. The van der Waals surface area contributed by atoms with Crippen molar-refractivity contribution >= 4 is 10.0 Å². The zero-order valence-corrected chi connectivity index (χ0v) is 14.5. The van der Waals surface area contributed by atoms with Gasteiger partial charge in [0.05, 0.1) is 4.90 Å². The Bertz CT molecular complexity index is 509. The Balaban J connectivity index is 2.86. The monoisotopic (exact) mass is 315 g/mol. The van der Waals surface area contributed by atoms with Crippen molar-refractivity contribution in [2.75, 3.05) is 13.1 Å². The Morgan fingerprint density at radius 3 is 2.57 bits per heavy atom. The van der Waals surface area contributed by atoms with Crippen molar-refractivity contribution in [1.82, 2.24) is 14.6 Å². The molecule has 1 aromatic rings. The molecule has 2 N–H and O–H groups in total. The standard InChI is InChI=1S/C15H29N3O2S/c1-5-7-8-9-18(13(3)4)21(19,20)15-10-14(17-12-15)11-16-6-2/h10,12-13,16-17H,5-9,11H2,1-4H3. The summed E-state index contributed by atoms with van der Waals surface area (Å²) >= 11 is 0. The minimum absolute atomic E-state index is 0.0287. The topological polar surface area (TPSA) is 65.2 Å². The quantitative estimate of drug-likeness (QED) is 0.653. The molecule has 122 valence electrons. The van der Waals surface area contributed by atoms with Crippen molar-refractivity contribution in [2.24, 2.45) is 0 Å². The predicted molar refractivity (Wildman–Crippen MR) is 86.7 cm³/mol. The van der Waals surface area contributed by atoms with E-state index in [1.807, 2.05) is 20.8 Å². The lowest BCUT2D eigenvalue weighted by molar-refractivity contribution is 0.345. The van der Waals surface area contributed by atoms with Crippen LogP contribution >= 0.6 is 0 Å². The van der Waals surface area contributed by atoms with Crippen molar-refractivity contribution < 1.29 is 8.42 Å². The predicted octanol–water partition coefficient (Wildman–Crippen LogP) is 2.71. The van der Waals surface area contributed by atoms with Crippen LogP contribution in [0.1, 0.15) is 52.7 Å². The summed E-state index contributed by atoms with van der Waals surface area (Å²) in [6, 6.07) is 1.70. The first-order valence-corrected chi connectivity index (χ1v) is 9.27. The summed E-state index contributed by atoms with van der Waals surface area (Å²) in [5, 5.41) is 3.18. The number of sulfonamides is 1. The molecular formula is C15H29N3O2S.